The second kappa shape index (κ2) is 5.66. The summed E-state index contributed by atoms with van der Waals surface area (Å²) in [5.74, 6) is 0.612. The number of nitrogens with two attached hydrogens (primary N) is 1. The van der Waals surface area contributed by atoms with Crippen molar-refractivity contribution in [1.82, 2.24) is 0 Å². The van der Waals surface area contributed by atoms with E-state index in [1.807, 2.05) is 0 Å². The smallest absolute Gasteiger partial charge is 0.141 e. The number of rotatable bonds is 5. The van der Waals surface area contributed by atoms with Gasteiger partial charge >= 0.3 is 0 Å². The molecular weight excluding hydrogens is 222 g/mol. The topological polar surface area (TPSA) is 43.1 Å². The lowest BCUT2D eigenvalue weighted by atomic mass is 9.88. The Labute approximate surface area is 110 Å². The van der Waals surface area contributed by atoms with Gasteiger partial charge in [0.25, 0.3) is 0 Å². The highest BCUT2D eigenvalue weighted by molar-refractivity contribution is 5.83. The first-order chi connectivity index (χ1) is 8.61. The van der Waals surface area contributed by atoms with Gasteiger partial charge in [0.2, 0.25) is 0 Å². The molecule has 1 aliphatic rings. The van der Waals surface area contributed by atoms with Crippen molar-refractivity contribution in [2.75, 3.05) is 6.54 Å². The number of ketones is 1. The molecule has 0 amide bonds. The number of Topliss-reactive ketones (excluding diaryl/α,β-unsaturated/α-hetero) is 1. The third kappa shape index (κ3) is 2.81. The Hall–Kier alpha value is -1.15. The quantitative estimate of drug-likeness (QED) is 0.866. The molecule has 2 nitrogen and oxygen atoms in total. The third-order valence-electron chi connectivity index (χ3n) is 4.01. The number of fused-ring (bicyclic) bond motifs is 1. The molecule has 98 valence electrons. The fourth-order valence-electron chi connectivity index (χ4n) is 2.84. The van der Waals surface area contributed by atoms with E-state index in [1.54, 1.807) is 0 Å². The first-order valence-corrected chi connectivity index (χ1v) is 6.95. The molecule has 0 saturated heterocycles. The Morgan fingerprint density at radius 3 is 2.67 bits per heavy atom. The molecule has 1 aromatic rings. The molecule has 0 spiro atoms. The zero-order valence-electron chi connectivity index (χ0n) is 11.4. The Morgan fingerprint density at radius 2 is 2.00 bits per heavy atom. The summed E-state index contributed by atoms with van der Waals surface area (Å²) in [4.78, 5) is 12.2. The summed E-state index contributed by atoms with van der Waals surface area (Å²) in [5, 5.41) is 0. The molecule has 0 aliphatic heterocycles. The van der Waals surface area contributed by atoms with Crippen molar-refractivity contribution in [3.05, 3.63) is 34.9 Å². The van der Waals surface area contributed by atoms with E-state index in [9.17, 15) is 4.79 Å². The molecule has 2 rings (SSSR count). The highest BCUT2D eigenvalue weighted by Gasteiger charge is 2.21. The molecule has 0 radical (unpaired) electrons. The van der Waals surface area contributed by atoms with Crippen LogP contribution in [0.15, 0.2) is 18.2 Å². The van der Waals surface area contributed by atoms with Crippen molar-refractivity contribution >= 4 is 5.78 Å². The minimum atomic E-state index is -0.00162. The molecule has 0 bridgehead atoms. The van der Waals surface area contributed by atoms with Gasteiger partial charge in [0.05, 0.1) is 0 Å². The Bertz CT molecular complexity index is 437. The lowest BCUT2D eigenvalue weighted by molar-refractivity contribution is -0.123. The van der Waals surface area contributed by atoms with Crippen molar-refractivity contribution < 1.29 is 4.79 Å². The number of carbonyl (C=O) groups is 1. The van der Waals surface area contributed by atoms with E-state index < -0.39 is 0 Å². The van der Waals surface area contributed by atoms with Gasteiger partial charge in [-0.25, -0.2) is 0 Å². The molecule has 0 aromatic heterocycles. The van der Waals surface area contributed by atoms with E-state index in [2.05, 4.69) is 32.0 Å². The highest BCUT2D eigenvalue weighted by Crippen LogP contribution is 2.23. The first kappa shape index (κ1) is 13.3. The van der Waals surface area contributed by atoms with E-state index in [-0.39, 0.29) is 11.7 Å². The van der Waals surface area contributed by atoms with Crippen molar-refractivity contribution in [1.29, 1.82) is 0 Å². The van der Waals surface area contributed by atoms with Crippen LogP contribution in [-0.2, 0) is 24.1 Å². The van der Waals surface area contributed by atoms with Gasteiger partial charge in [-0.2, -0.15) is 0 Å². The molecule has 0 fully saturated rings. The average Bonchev–Trinajstić information content (AvgIpc) is 2.76. The van der Waals surface area contributed by atoms with Gasteiger partial charge in [-0.1, -0.05) is 32.0 Å². The van der Waals surface area contributed by atoms with Gasteiger partial charge in [-0.05, 0) is 41.9 Å². The second-order valence-corrected chi connectivity index (χ2v) is 5.69. The normalized spacial score (nSPS) is 15.8. The summed E-state index contributed by atoms with van der Waals surface area (Å²) in [6.07, 6.45) is 4.15. The van der Waals surface area contributed by atoms with Crippen LogP contribution in [0.4, 0.5) is 0 Å². The van der Waals surface area contributed by atoms with Gasteiger partial charge in [0, 0.05) is 18.9 Å². The van der Waals surface area contributed by atoms with Crippen LogP contribution in [0.3, 0.4) is 0 Å². The number of carbonyl (C=O) groups excluding carboxylic acids is 1. The molecular formula is C16H23NO. The van der Waals surface area contributed by atoms with Crippen molar-refractivity contribution in [2.45, 2.75) is 39.5 Å². The standard InChI is InChI=1S/C16H23NO/c1-11(2)15(10-17)16(18)9-12-6-7-13-4-3-5-14(13)8-12/h6-8,11,15H,3-5,9-10,17H2,1-2H3. The largest absolute Gasteiger partial charge is 0.330 e. The van der Waals surface area contributed by atoms with Gasteiger partial charge in [-0.15, -0.1) is 0 Å². The zero-order valence-corrected chi connectivity index (χ0v) is 11.4. The fourth-order valence-corrected chi connectivity index (χ4v) is 2.84. The minimum absolute atomic E-state index is 0.00162. The molecule has 1 unspecified atom stereocenters. The van der Waals surface area contributed by atoms with Crippen molar-refractivity contribution in [3.8, 4) is 0 Å². The summed E-state index contributed by atoms with van der Waals surface area (Å²) in [6, 6.07) is 6.52. The molecule has 0 saturated carbocycles. The van der Waals surface area contributed by atoms with Crippen molar-refractivity contribution in [3.63, 3.8) is 0 Å². The van der Waals surface area contributed by atoms with E-state index in [0.717, 1.165) is 5.56 Å². The molecule has 2 N–H and O–H groups in total. The van der Waals surface area contributed by atoms with Gasteiger partial charge < -0.3 is 5.73 Å². The molecule has 2 heteroatoms. The first-order valence-electron chi connectivity index (χ1n) is 6.95. The third-order valence-corrected chi connectivity index (χ3v) is 4.01. The monoisotopic (exact) mass is 245 g/mol. The van der Waals surface area contributed by atoms with Crippen LogP contribution in [-0.4, -0.2) is 12.3 Å². The number of hydrogen-bond acceptors (Lipinski definition) is 2. The van der Waals surface area contributed by atoms with Crippen LogP contribution in [0.1, 0.15) is 37.0 Å². The fraction of sp³-hybridized carbons (Fsp3) is 0.562. The maximum atomic E-state index is 12.2. The number of aryl methyl sites for hydroxylation is 2. The van der Waals surface area contributed by atoms with Gasteiger partial charge in [0.1, 0.15) is 5.78 Å². The Kier molecular flexibility index (Phi) is 4.18. The number of hydrogen-bond donors (Lipinski definition) is 1. The van der Waals surface area contributed by atoms with E-state index in [0.29, 0.717) is 18.9 Å². The van der Waals surface area contributed by atoms with Crippen LogP contribution < -0.4 is 5.73 Å². The molecule has 18 heavy (non-hydrogen) atoms. The SMILES string of the molecule is CC(C)C(CN)C(=O)Cc1ccc2c(c1)CCC2. The summed E-state index contributed by atoms with van der Waals surface area (Å²) in [7, 11) is 0. The highest BCUT2D eigenvalue weighted by atomic mass is 16.1. The maximum absolute atomic E-state index is 12.2. The summed E-state index contributed by atoms with van der Waals surface area (Å²) in [5.41, 5.74) is 9.75. The lowest BCUT2D eigenvalue weighted by Crippen LogP contribution is -2.29. The van der Waals surface area contributed by atoms with Crippen LogP contribution in [0, 0.1) is 11.8 Å². The van der Waals surface area contributed by atoms with Crippen LogP contribution >= 0.6 is 0 Å². The lowest BCUT2D eigenvalue weighted by Gasteiger charge is -2.17. The van der Waals surface area contributed by atoms with Crippen molar-refractivity contribution in [2.24, 2.45) is 17.6 Å². The van der Waals surface area contributed by atoms with Crippen LogP contribution in [0.5, 0.6) is 0 Å². The Balaban J connectivity index is 2.07. The van der Waals surface area contributed by atoms with E-state index in [1.165, 1.54) is 30.4 Å². The second-order valence-electron chi connectivity index (χ2n) is 5.69. The molecule has 0 heterocycles. The predicted molar refractivity (Wildman–Crippen MR) is 74.6 cm³/mol. The van der Waals surface area contributed by atoms with Crippen LogP contribution in [0.2, 0.25) is 0 Å². The minimum Gasteiger partial charge on any atom is -0.330 e. The predicted octanol–water partition coefficient (Wildman–Crippen LogP) is 2.52. The summed E-state index contributed by atoms with van der Waals surface area (Å²) >= 11 is 0. The van der Waals surface area contributed by atoms with Crippen LogP contribution in [0.25, 0.3) is 0 Å². The Morgan fingerprint density at radius 1 is 1.28 bits per heavy atom. The summed E-state index contributed by atoms with van der Waals surface area (Å²) in [6.45, 7) is 4.59. The molecule has 1 aromatic carbocycles. The number of benzene rings is 1. The average molecular weight is 245 g/mol. The zero-order chi connectivity index (χ0) is 13.1. The van der Waals surface area contributed by atoms with E-state index in [4.69, 9.17) is 5.73 Å². The maximum Gasteiger partial charge on any atom is 0.141 e. The van der Waals surface area contributed by atoms with Gasteiger partial charge in [0.15, 0.2) is 0 Å². The molecule has 1 atom stereocenters. The van der Waals surface area contributed by atoms with E-state index >= 15 is 0 Å². The molecule has 1 aliphatic carbocycles. The summed E-state index contributed by atoms with van der Waals surface area (Å²) < 4.78 is 0. The van der Waals surface area contributed by atoms with Gasteiger partial charge in [-0.3, -0.25) is 4.79 Å².